The van der Waals surface area contributed by atoms with Crippen LogP contribution in [0.4, 0.5) is 5.69 Å². The van der Waals surface area contributed by atoms with Gasteiger partial charge in [0.2, 0.25) is 5.91 Å². The minimum absolute atomic E-state index is 0.146. The second-order valence-electron chi connectivity index (χ2n) is 8.28. The number of pyridine rings is 1. The second-order valence-corrected chi connectivity index (χ2v) is 10.3. The fourth-order valence-corrected chi connectivity index (χ4v) is 4.20. The first-order valence-corrected chi connectivity index (χ1v) is 12.2. The predicted molar refractivity (Wildman–Crippen MR) is 125 cm³/mol. The lowest BCUT2D eigenvalue weighted by Crippen LogP contribution is -2.23. The van der Waals surface area contributed by atoms with Crippen LogP contribution in [-0.4, -0.2) is 25.6 Å². The molecular weight excluding hydrogens is 408 g/mol. The predicted octanol–water partition coefficient (Wildman–Crippen LogP) is 5.23. The van der Waals surface area contributed by atoms with Crippen molar-refractivity contribution >= 4 is 21.4 Å². The number of nitrogens with one attached hydrogen (secondary N) is 1. The minimum Gasteiger partial charge on any atom is -0.326 e. The molecule has 0 aliphatic rings. The zero-order chi connectivity index (χ0) is 22.6. The number of nitrogens with zero attached hydrogens (tertiary/aromatic N) is 1. The molecule has 1 N–H and O–H groups in total. The maximum absolute atomic E-state index is 13.1. The zero-order valence-electron chi connectivity index (χ0n) is 18.3. The van der Waals surface area contributed by atoms with Gasteiger partial charge in [-0.3, -0.25) is 9.78 Å². The summed E-state index contributed by atoms with van der Waals surface area (Å²) in [6.07, 6.45) is 3.57. The molecule has 2 aromatic carbocycles. The van der Waals surface area contributed by atoms with Gasteiger partial charge in [0.1, 0.15) is 0 Å². The van der Waals surface area contributed by atoms with E-state index >= 15 is 0 Å². The van der Waals surface area contributed by atoms with E-state index in [4.69, 9.17) is 0 Å². The number of rotatable bonds is 7. The summed E-state index contributed by atoms with van der Waals surface area (Å²) in [7, 11) is -3.34. The number of aromatic nitrogens is 1. The third kappa shape index (κ3) is 6.01. The van der Waals surface area contributed by atoms with Crippen molar-refractivity contribution in [3.8, 4) is 11.1 Å². The minimum atomic E-state index is -3.34. The van der Waals surface area contributed by atoms with Gasteiger partial charge in [-0.2, -0.15) is 0 Å². The Morgan fingerprint density at radius 1 is 1.00 bits per heavy atom. The van der Waals surface area contributed by atoms with Gasteiger partial charge in [-0.05, 0) is 72.4 Å². The number of sulfone groups is 1. The monoisotopic (exact) mass is 436 g/mol. The summed E-state index contributed by atoms with van der Waals surface area (Å²) in [5.41, 5.74) is 4.47. The van der Waals surface area contributed by atoms with E-state index in [1.165, 1.54) is 6.26 Å². The van der Waals surface area contributed by atoms with E-state index in [0.29, 0.717) is 17.7 Å². The molecule has 0 aliphatic carbocycles. The Morgan fingerprint density at radius 3 is 2.32 bits per heavy atom. The van der Waals surface area contributed by atoms with Crippen LogP contribution in [0.2, 0.25) is 0 Å². The molecule has 0 spiro atoms. The smallest absolute Gasteiger partial charge is 0.231 e. The third-order valence-electron chi connectivity index (χ3n) is 5.09. The molecular formula is C25H28N2O3S. The number of hydrogen-bond donors (Lipinski definition) is 1. The zero-order valence-corrected chi connectivity index (χ0v) is 19.1. The van der Waals surface area contributed by atoms with Crippen molar-refractivity contribution in [2.45, 2.75) is 38.0 Å². The molecule has 0 fully saturated rings. The van der Waals surface area contributed by atoms with Crippen molar-refractivity contribution in [3.05, 3.63) is 78.1 Å². The van der Waals surface area contributed by atoms with Gasteiger partial charge in [-0.15, -0.1) is 0 Å². The normalized spacial score (nSPS) is 12.5. The average Bonchev–Trinajstić information content (AvgIpc) is 2.72. The number of benzene rings is 2. The maximum atomic E-state index is 13.1. The highest BCUT2D eigenvalue weighted by molar-refractivity contribution is 7.90. The topological polar surface area (TPSA) is 76.1 Å². The van der Waals surface area contributed by atoms with Crippen molar-refractivity contribution in [2.75, 3.05) is 11.6 Å². The highest BCUT2D eigenvalue weighted by Gasteiger charge is 2.23. The van der Waals surface area contributed by atoms with Crippen LogP contribution in [0.15, 0.2) is 71.8 Å². The van der Waals surface area contributed by atoms with Crippen molar-refractivity contribution in [1.82, 2.24) is 4.98 Å². The van der Waals surface area contributed by atoms with Crippen molar-refractivity contribution in [3.63, 3.8) is 0 Å². The molecule has 6 heteroatoms. The van der Waals surface area contributed by atoms with Crippen LogP contribution >= 0.6 is 0 Å². The third-order valence-corrected chi connectivity index (χ3v) is 6.20. The molecule has 1 amide bonds. The molecule has 0 saturated carbocycles. The summed E-state index contributed by atoms with van der Waals surface area (Å²) < 4.78 is 23.9. The van der Waals surface area contributed by atoms with Gasteiger partial charge in [0, 0.05) is 23.8 Å². The molecule has 31 heavy (non-hydrogen) atoms. The van der Waals surface area contributed by atoms with Crippen LogP contribution in [0.5, 0.6) is 0 Å². The average molecular weight is 437 g/mol. The Bertz CT molecular complexity index is 1170. The molecule has 5 nitrogen and oxygen atoms in total. The van der Waals surface area contributed by atoms with Crippen LogP contribution in [-0.2, 0) is 14.6 Å². The Balaban J connectivity index is 1.83. The van der Waals surface area contributed by atoms with E-state index in [1.807, 2.05) is 63.2 Å². The van der Waals surface area contributed by atoms with Crippen LogP contribution in [0.1, 0.15) is 37.4 Å². The maximum Gasteiger partial charge on any atom is 0.231 e. The molecule has 1 heterocycles. The van der Waals surface area contributed by atoms with E-state index < -0.39 is 15.8 Å². The summed E-state index contributed by atoms with van der Waals surface area (Å²) in [6.45, 7) is 6.05. The molecule has 0 bridgehead atoms. The molecule has 0 saturated heterocycles. The summed E-state index contributed by atoms with van der Waals surface area (Å²) in [4.78, 5) is 17.6. The number of anilines is 1. The number of hydrogen-bond acceptors (Lipinski definition) is 4. The molecule has 1 aromatic heterocycles. The molecule has 3 rings (SSSR count). The highest BCUT2D eigenvalue weighted by atomic mass is 32.2. The quantitative estimate of drug-likeness (QED) is 0.550. The van der Waals surface area contributed by atoms with Crippen LogP contribution in [0.25, 0.3) is 11.1 Å². The van der Waals surface area contributed by atoms with E-state index in [9.17, 15) is 13.2 Å². The van der Waals surface area contributed by atoms with Gasteiger partial charge in [0.25, 0.3) is 0 Å². The van der Waals surface area contributed by atoms with Crippen LogP contribution in [0.3, 0.4) is 0 Å². The van der Waals surface area contributed by atoms with Gasteiger partial charge < -0.3 is 5.32 Å². The summed E-state index contributed by atoms with van der Waals surface area (Å²) in [5.74, 6) is -0.314. The Morgan fingerprint density at radius 2 is 1.71 bits per heavy atom. The lowest BCUT2D eigenvalue weighted by Gasteiger charge is -2.20. The van der Waals surface area contributed by atoms with E-state index in [2.05, 4.69) is 10.3 Å². The molecule has 1 unspecified atom stereocenters. The number of aryl methyl sites for hydroxylation is 1. The van der Waals surface area contributed by atoms with Gasteiger partial charge >= 0.3 is 0 Å². The van der Waals surface area contributed by atoms with Gasteiger partial charge in [0.15, 0.2) is 9.84 Å². The SMILES string of the molecule is Cc1cc(-c2ccc(NC(=O)C(CC(C)C)c3cccc(S(C)(=O)=O)c3)cc2)ccn1. The van der Waals surface area contributed by atoms with Crippen molar-refractivity contribution in [2.24, 2.45) is 5.92 Å². The van der Waals surface area contributed by atoms with Gasteiger partial charge in [-0.25, -0.2) is 8.42 Å². The van der Waals surface area contributed by atoms with Gasteiger partial charge in [0.05, 0.1) is 10.8 Å². The van der Waals surface area contributed by atoms with Gasteiger partial charge in [-0.1, -0.05) is 38.1 Å². The van der Waals surface area contributed by atoms with Crippen LogP contribution < -0.4 is 5.32 Å². The molecule has 0 radical (unpaired) electrons. The number of carbonyl (C=O) groups is 1. The molecule has 3 aromatic rings. The Hall–Kier alpha value is -2.99. The van der Waals surface area contributed by atoms with E-state index in [0.717, 1.165) is 16.8 Å². The fourth-order valence-electron chi connectivity index (χ4n) is 3.53. The number of amides is 1. The lowest BCUT2D eigenvalue weighted by molar-refractivity contribution is -0.118. The fraction of sp³-hybridized carbons (Fsp3) is 0.280. The summed E-state index contributed by atoms with van der Waals surface area (Å²) in [6, 6.07) is 18.3. The van der Waals surface area contributed by atoms with E-state index in [-0.39, 0.29) is 16.7 Å². The first-order chi connectivity index (χ1) is 14.6. The Labute approximate surface area is 184 Å². The standard InChI is InChI=1S/C25H28N2O3S/c1-17(2)14-24(21-6-5-7-23(16-21)31(4,29)30)25(28)27-22-10-8-19(9-11-22)20-12-13-26-18(3)15-20/h5-13,15-17,24H,14H2,1-4H3,(H,27,28). The first kappa shape index (κ1) is 22.7. The first-order valence-electron chi connectivity index (χ1n) is 10.3. The van der Waals surface area contributed by atoms with Crippen molar-refractivity contribution < 1.29 is 13.2 Å². The lowest BCUT2D eigenvalue weighted by atomic mass is 9.89. The highest BCUT2D eigenvalue weighted by Crippen LogP contribution is 2.28. The second kappa shape index (κ2) is 9.43. The number of carbonyl (C=O) groups excluding carboxylic acids is 1. The molecule has 162 valence electrons. The van der Waals surface area contributed by atoms with Crippen molar-refractivity contribution in [1.29, 1.82) is 0 Å². The van der Waals surface area contributed by atoms with E-state index in [1.54, 1.807) is 24.4 Å². The molecule has 0 aliphatic heterocycles. The summed E-state index contributed by atoms with van der Waals surface area (Å²) in [5, 5.41) is 2.99. The largest absolute Gasteiger partial charge is 0.326 e. The summed E-state index contributed by atoms with van der Waals surface area (Å²) >= 11 is 0. The Kier molecular flexibility index (Phi) is 6.91. The molecule has 1 atom stereocenters. The van der Waals surface area contributed by atoms with Crippen LogP contribution in [0, 0.1) is 12.8 Å².